The average molecular weight is 395 g/mol. The van der Waals surface area contributed by atoms with Crippen LogP contribution in [0.25, 0.3) is 11.0 Å². The average Bonchev–Trinajstić information content (AvgIpc) is 3.34. The molecule has 0 saturated carbocycles. The Hall–Kier alpha value is -2.66. The molecule has 1 aliphatic rings. The molecule has 29 heavy (non-hydrogen) atoms. The van der Waals surface area contributed by atoms with E-state index in [0.717, 1.165) is 40.5 Å². The summed E-state index contributed by atoms with van der Waals surface area (Å²) in [4.78, 5) is 15.1. The van der Waals surface area contributed by atoms with E-state index in [1.165, 1.54) is 6.07 Å². The molecular weight excluding hydrogens is 369 g/mol. The second-order valence-electron chi connectivity index (χ2n) is 7.85. The Morgan fingerprint density at radius 3 is 2.66 bits per heavy atom. The van der Waals surface area contributed by atoms with Crippen LogP contribution in [-0.2, 0) is 11.3 Å². The fourth-order valence-electron chi connectivity index (χ4n) is 3.95. The summed E-state index contributed by atoms with van der Waals surface area (Å²) >= 11 is 0. The predicted molar refractivity (Wildman–Crippen MR) is 111 cm³/mol. The molecule has 3 aromatic rings. The summed E-state index contributed by atoms with van der Waals surface area (Å²) in [7, 11) is 0. The number of furan rings is 1. The largest absolute Gasteiger partial charge is 0.450 e. The molecule has 1 aromatic heterocycles. The number of aryl methyl sites for hydroxylation is 3. The van der Waals surface area contributed by atoms with Gasteiger partial charge in [0.1, 0.15) is 11.4 Å². The zero-order valence-corrected chi connectivity index (χ0v) is 17.1. The Labute approximate surface area is 170 Å². The molecule has 0 radical (unpaired) electrons. The molecule has 152 valence electrons. The normalized spacial score (nSPS) is 16.5. The molecule has 4 nitrogen and oxygen atoms in total. The summed E-state index contributed by atoms with van der Waals surface area (Å²) in [6.45, 7) is 7.23. The third kappa shape index (κ3) is 3.79. The van der Waals surface area contributed by atoms with Crippen LogP contribution in [0.1, 0.15) is 45.7 Å². The van der Waals surface area contributed by atoms with Gasteiger partial charge in [0.05, 0.1) is 6.10 Å². The van der Waals surface area contributed by atoms with E-state index >= 15 is 0 Å². The Morgan fingerprint density at radius 2 is 1.93 bits per heavy atom. The van der Waals surface area contributed by atoms with Crippen molar-refractivity contribution in [1.82, 2.24) is 4.90 Å². The molecule has 0 spiro atoms. The van der Waals surface area contributed by atoms with Gasteiger partial charge in [-0.05, 0) is 50.8 Å². The highest BCUT2D eigenvalue weighted by Gasteiger charge is 2.28. The van der Waals surface area contributed by atoms with Crippen molar-refractivity contribution >= 4 is 16.9 Å². The Balaban J connectivity index is 1.70. The van der Waals surface area contributed by atoms with Crippen molar-refractivity contribution in [3.63, 3.8) is 0 Å². The van der Waals surface area contributed by atoms with Crippen molar-refractivity contribution < 1.29 is 18.3 Å². The van der Waals surface area contributed by atoms with Gasteiger partial charge in [0.2, 0.25) is 0 Å². The van der Waals surface area contributed by atoms with Gasteiger partial charge in [-0.1, -0.05) is 30.3 Å². The molecule has 2 heterocycles. The van der Waals surface area contributed by atoms with Crippen molar-refractivity contribution in [1.29, 1.82) is 0 Å². The van der Waals surface area contributed by atoms with E-state index in [1.807, 2.05) is 32.9 Å². The van der Waals surface area contributed by atoms with Gasteiger partial charge in [-0.15, -0.1) is 0 Å². The minimum atomic E-state index is -0.314. The summed E-state index contributed by atoms with van der Waals surface area (Å²) in [5, 5.41) is 0.944. The smallest absolute Gasteiger partial charge is 0.290 e. The third-order valence-corrected chi connectivity index (χ3v) is 5.87. The summed E-state index contributed by atoms with van der Waals surface area (Å²) in [6.07, 6.45) is 1.85. The lowest BCUT2D eigenvalue weighted by atomic mass is 10.0. The lowest BCUT2D eigenvalue weighted by Gasteiger charge is -2.25. The molecule has 4 rings (SSSR count). The molecule has 1 fully saturated rings. The fourth-order valence-corrected chi connectivity index (χ4v) is 3.95. The van der Waals surface area contributed by atoms with E-state index in [1.54, 1.807) is 23.1 Å². The SMILES string of the molecule is Cc1ccc2c(C)c(C(=O)N(Cc3ccccc3F)CC3CCCO3)oc2c1C. The van der Waals surface area contributed by atoms with Crippen LogP contribution in [0.3, 0.4) is 0 Å². The van der Waals surface area contributed by atoms with Gasteiger partial charge in [-0.25, -0.2) is 4.39 Å². The first-order valence-corrected chi connectivity index (χ1v) is 10.1. The van der Waals surface area contributed by atoms with E-state index in [4.69, 9.17) is 9.15 Å². The second kappa shape index (κ2) is 7.99. The third-order valence-electron chi connectivity index (χ3n) is 5.87. The Bertz CT molecular complexity index is 1050. The van der Waals surface area contributed by atoms with Gasteiger partial charge in [0, 0.05) is 36.2 Å². The van der Waals surface area contributed by atoms with Gasteiger partial charge in [0.25, 0.3) is 5.91 Å². The van der Waals surface area contributed by atoms with E-state index in [9.17, 15) is 9.18 Å². The number of ether oxygens (including phenoxy) is 1. The number of halogens is 1. The first-order chi connectivity index (χ1) is 14.0. The van der Waals surface area contributed by atoms with Gasteiger partial charge in [0.15, 0.2) is 5.76 Å². The van der Waals surface area contributed by atoms with Gasteiger partial charge in [-0.3, -0.25) is 4.79 Å². The number of benzene rings is 2. The number of hydrogen-bond donors (Lipinski definition) is 0. The molecule has 0 aliphatic carbocycles. The summed E-state index contributed by atoms with van der Waals surface area (Å²) in [6, 6.07) is 10.6. The van der Waals surface area contributed by atoms with Crippen LogP contribution in [-0.4, -0.2) is 30.1 Å². The maximum absolute atomic E-state index is 14.3. The molecular formula is C24H26FNO3. The molecule has 0 bridgehead atoms. The van der Waals surface area contributed by atoms with E-state index in [-0.39, 0.29) is 24.4 Å². The minimum Gasteiger partial charge on any atom is -0.450 e. The van der Waals surface area contributed by atoms with Crippen molar-refractivity contribution in [2.45, 2.75) is 46.3 Å². The topological polar surface area (TPSA) is 42.7 Å². The van der Waals surface area contributed by atoms with Gasteiger partial charge in [-0.2, -0.15) is 0 Å². The van der Waals surface area contributed by atoms with Crippen LogP contribution in [0.5, 0.6) is 0 Å². The number of carbonyl (C=O) groups excluding carboxylic acids is 1. The predicted octanol–water partition coefficient (Wildman–Crippen LogP) is 5.32. The van der Waals surface area contributed by atoms with E-state index in [2.05, 4.69) is 0 Å². The Morgan fingerprint density at radius 1 is 1.14 bits per heavy atom. The molecule has 1 atom stereocenters. The zero-order valence-electron chi connectivity index (χ0n) is 17.1. The monoisotopic (exact) mass is 395 g/mol. The summed E-state index contributed by atoms with van der Waals surface area (Å²) < 4.78 is 26.1. The Kier molecular flexibility index (Phi) is 5.41. The summed E-state index contributed by atoms with van der Waals surface area (Å²) in [5.74, 6) is -0.219. The van der Waals surface area contributed by atoms with Crippen LogP contribution >= 0.6 is 0 Å². The first-order valence-electron chi connectivity index (χ1n) is 10.1. The van der Waals surface area contributed by atoms with Gasteiger partial charge < -0.3 is 14.1 Å². The second-order valence-corrected chi connectivity index (χ2v) is 7.85. The van der Waals surface area contributed by atoms with Crippen LogP contribution in [0.2, 0.25) is 0 Å². The lowest BCUT2D eigenvalue weighted by molar-refractivity contribution is 0.0482. The number of rotatable bonds is 5. The summed E-state index contributed by atoms with van der Waals surface area (Å²) in [5.41, 5.74) is 4.20. The van der Waals surface area contributed by atoms with E-state index in [0.29, 0.717) is 24.5 Å². The molecule has 1 saturated heterocycles. The highest BCUT2D eigenvalue weighted by molar-refractivity contribution is 5.99. The van der Waals surface area contributed by atoms with E-state index < -0.39 is 0 Å². The maximum atomic E-state index is 14.3. The quantitative estimate of drug-likeness (QED) is 0.587. The molecule has 2 aromatic carbocycles. The molecule has 1 unspecified atom stereocenters. The molecule has 1 amide bonds. The van der Waals surface area contributed by atoms with Crippen molar-refractivity contribution in [2.75, 3.05) is 13.2 Å². The van der Waals surface area contributed by atoms with Crippen molar-refractivity contribution in [3.05, 3.63) is 70.2 Å². The van der Waals surface area contributed by atoms with Crippen molar-refractivity contribution in [3.8, 4) is 0 Å². The number of carbonyl (C=O) groups is 1. The number of hydrogen-bond acceptors (Lipinski definition) is 3. The molecule has 1 aliphatic heterocycles. The van der Waals surface area contributed by atoms with Gasteiger partial charge >= 0.3 is 0 Å². The van der Waals surface area contributed by atoms with Crippen molar-refractivity contribution in [2.24, 2.45) is 0 Å². The van der Waals surface area contributed by atoms with Crippen LogP contribution in [0, 0.1) is 26.6 Å². The molecule has 5 heteroatoms. The zero-order chi connectivity index (χ0) is 20.5. The number of amides is 1. The fraction of sp³-hybridized carbons (Fsp3) is 0.375. The first kappa shape index (κ1) is 19.6. The lowest BCUT2D eigenvalue weighted by Crippen LogP contribution is -2.37. The maximum Gasteiger partial charge on any atom is 0.290 e. The van der Waals surface area contributed by atoms with Crippen LogP contribution in [0.4, 0.5) is 4.39 Å². The van der Waals surface area contributed by atoms with Crippen LogP contribution < -0.4 is 0 Å². The standard InChI is InChI=1S/C24H26FNO3/c1-15-10-11-20-17(3)23(29-22(20)16(15)2)24(27)26(14-19-8-6-12-28-19)13-18-7-4-5-9-21(18)25/h4-5,7,9-11,19H,6,8,12-14H2,1-3H3. The number of fused-ring (bicyclic) bond motifs is 1. The molecule has 0 N–H and O–H groups in total. The van der Waals surface area contributed by atoms with Crippen LogP contribution in [0.15, 0.2) is 40.8 Å². The number of nitrogens with zero attached hydrogens (tertiary/aromatic N) is 1. The minimum absolute atomic E-state index is 0.0283. The highest BCUT2D eigenvalue weighted by atomic mass is 19.1. The highest BCUT2D eigenvalue weighted by Crippen LogP contribution is 2.31.